The summed E-state index contributed by atoms with van der Waals surface area (Å²) in [6.45, 7) is 0. The van der Waals surface area contributed by atoms with Gasteiger partial charge in [-0.25, -0.2) is 4.98 Å². The van der Waals surface area contributed by atoms with Crippen molar-refractivity contribution in [2.45, 2.75) is 0 Å². The van der Waals surface area contributed by atoms with Crippen LogP contribution in [-0.2, 0) is 0 Å². The molecule has 84 valence electrons. The first-order chi connectivity index (χ1) is 8.22. The fourth-order valence-electron chi connectivity index (χ4n) is 1.74. The molecule has 0 saturated carbocycles. The Labute approximate surface area is 112 Å². The molecule has 1 aromatic heterocycles. The molecule has 0 spiro atoms. The number of H-pyrrole nitrogens is 1. The zero-order valence-electron chi connectivity index (χ0n) is 8.81. The molecule has 0 aliphatic heterocycles. The van der Waals surface area contributed by atoms with Gasteiger partial charge in [-0.1, -0.05) is 12.1 Å². The predicted molar refractivity (Wildman–Crippen MR) is 75.9 cm³/mol. The summed E-state index contributed by atoms with van der Waals surface area (Å²) in [5.74, 6) is 1.07. The van der Waals surface area contributed by atoms with E-state index in [1.807, 2.05) is 24.3 Å². The lowest BCUT2D eigenvalue weighted by Crippen LogP contribution is -1.79. The second-order valence-electron chi connectivity index (χ2n) is 3.79. The highest BCUT2D eigenvalue weighted by Gasteiger charge is 2.05. The van der Waals surface area contributed by atoms with Gasteiger partial charge in [-0.2, -0.15) is 0 Å². The number of benzene rings is 2. The number of nitrogens with one attached hydrogen (secondary N) is 1. The first-order valence-corrected chi connectivity index (χ1v) is 6.25. The van der Waals surface area contributed by atoms with Crippen LogP contribution in [0.25, 0.3) is 22.4 Å². The van der Waals surface area contributed by atoms with Crippen molar-refractivity contribution >= 4 is 33.6 Å². The molecule has 0 saturated heterocycles. The number of halogens is 1. The number of fused-ring (bicyclic) bond motifs is 1. The van der Waals surface area contributed by atoms with Crippen LogP contribution in [-0.4, -0.2) is 15.1 Å². The lowest BCUT2D eigenvalue weighted by Gasteiger charge is -1.95. The van der Waals surface area contributed by atoms with Crippen molar-refractivity contribution in [3.05, 3.63) is 46.0 Å². The number of aromatic nitrogens is 2. The summed E-state index contributed by atoms with van der Waals surface area (Å²) in [6, 6.07) is 13.3. The van der Waals surface area contributed by atoms with E-state index in [9.17, 15) is 5.11 Å². The Morgan fingerprint density at radius 1 is 1.06 bits per heavy atom. The van der Waals surface area contributed by atoms with Gasteiger partial charge in [-0.3, -0.25) is 0 Å². The zero-order chi connectivity index (χ0) is 11.8. The highest BCUT2D eigenvalue weighted by Crippen LogP contribution is 2.23. The van der Waals surface area contributed by atoms with Crippen molar-refractivity contribution in [3.63, 3.8) is 0 Å². The van der Waals surface area contributed by atoms with E-state index in [-0.39, 0.29) is 5.75 Å². The number of phenols is 1. The molecule has 17 heavy (non-hydrogen) atoms. The van der Waals surface area contributed by atoms with Crippen molar-refractivity contribution in [2.75, 3.05) is 0 Å². The monoisotopic (exact) mass is 336 g/mol. The highest BCUT2D eigenvalue weighted by atomic mass is 127. The Hall–Kier alpha value is -1.56. The summed E-state index contributed by atoms with van der Waals surface area (Å²) in [4.78, 5) is 7.68. The number of nitrogens with zero attached hydrogens (tertiary/aromatic N) is 1. The second kappa shape index (κ2) is 4.03. The Bertz CT molecular complexity index is 673. The Morgan fingerprint density at radius 3 is 2.59 bits per heavy atom. The van der Waals surface area contributed by atoms with E-state index in [1.165, 1.54) is 3.57 Å². The SMILES string of the molecule is Oc1ccc2nc(-c3ccc(I)cc3)[nH]c2c1. The number of hydrogen-bond donors (Lipinski definition) is 2. The summed E-state index contributed by atoms with van der Waals surface area (Å²) < 4.78 is 1.19. The number of imidazole rings is 1. The van der Waals surface area contributed by atoms with Gasteiger partial charge >= 0.3 is 0 Å². The minimum atomic E-state index is 0.246. The van der Waals surface area contributed by atoms with Gasteiger partial charge in [0.05, 0.1) is 11.0 Å². The van der Waals surface area contributed by atoms with Crippen molar-refractivity contribution in [1.29, 1.82) is 0 Å². The Balaban J connectivity index is 2.14. The lowest BCUT2D eigenvalue weighted by atomic mass is 10.2. The molecule has 4 heteroatoms. The summed E-state index contributed by atoms with van der Waals surface area (Å²) in [6.07, 6.45) is 0. The summed E-state index contributed by atoms with van der Waals surface area (Å²) in [5.41, 5.74) is 2.75. The quantitative estimate of drug-likeness (QED) is 0.668. The molecule has 0 amide bonds. The second-order valence-corrected chi connectivity index (χ2v) is 5.04. The molecular formula is C13H9IN2O. The smallest absolute Gasteiger partial charge is 0.138 e. The van der Waals surface area contributed by atoms with Crippen molar-refractivity contribution in [3.8, 4) is 17.1 Å². The molecule has 3 nitrogen and oxygen atoms in total. The molecule has 0 fully saturated rings. The number of hydrogen-bond acceptors (Lipinski definition) is 2. The number of phenolic OH excluding ortho intramolecular Hbond substituents is 1. The molecule has 3 aromatic rings. The van der Waals surface area contributed by atoms with Gasteiger partial charge in [-0.15, -0.1) is 0 Å². The maximum atomic E-state index is 9.40. The molecule has 0 unspecified atom stereocenters. The normalized spacial score (nSPS) is 10.9. The van der Waals surface area contributed by atoms with Crippen LogP contribution >= 0.6 is 22.6 Å². The molecule has 0 bridgehead atoms. The van der Waals surface area contributed by atoms with E-state index in [2.05, 4.69) is 32.6 Å². The minimum absolute atomic E-state index is 0.246. The molecular weight excluding hydrogens is 327 g/mol. The van der Waals surface area contributed by atoms with E-state index in [0.717, 1.165) is 22.4 Å². The van der Waals surface area contributed by atoms with E-state index in [1.54, 1.807) is 18.2 Å². The van der Waals surface area contributed by atoms with Gasteiger partial charge in [0.25, 0.3) is 0 Å². The first-order valence-electron chi connectivity index (χ1n) is 5.17. The molecule has 2 N–H and O–H groups in total. The van der Waals surface area contributed by atoms with Gasteiger partial charge in [0, 0.05) is 15.2 Å². The van der Waals surface area contributed by atoms with E-state index in [0.29, 0.717) is 0 Å². The van der Waals surface area contributed by atoms with Crippen LogP contribution in [0.5, 0.6) is 5.75 Å². The van der Waals surface area contributed by atoms with E-state index in [4.69, 9.17) is 0 Å². The van der Waals surface area contributed by atoms with Crippen LogP contribution in [0.1, 0.15) is 0 Å². The fraction of sp³-hybridized carbons (Fsp3) is 0. The van der Waals surface area contributed by atoms with Crippen molar-refractivity contribution < 1.29 is 5.11 Å². The van der Waals surface area contributed by atoms with Crippen LogP contribution in [0.2, 0.25) is 0 Å². The number of aromatic hydroxyl groups is 1. The van der Waals surface area contributed by atoms with Gasteiger partial charge in [0.15, 0.2) is 0 Å². The van der Waals surface area contributed by atoms with Gasteiger partial charge in [0.2, 0.25) is 0 Å². The Kier molecular flexibility index (Phi) is 2.51. The summed E-state index contributed by atoms with van der Waals surface area (Å²) in [5, 5.41) is 9.40. The standard InChI is InChI=1S/C13H9IN2O/c14-9-3-1-8(2-4-9)13-15-11-6-5-10(17)7-12(11)16-13/h1-7,17H,(H,15,16). The molecule has 0 aliphatic carbocycles. The molecule has 1 heterocycles. The largest absolute Gasteiger partial charge is 0.508 e. The maximum Gasteiger partial charge on any atom is 0.138 e. The van der Waals surface area contributed by atoms with Gasteiger partial charge < -0.3 is 10.1 Å². The third-order valence-corrected chi connectivity index (χ3v) is 3.30. The van der Waals surface area contributed by atoms with Gasteiger partial charge in [0.1, 0.15) is 11.6 Å². The van der Waals surface area contributed by atoms with Crippen LogP contribution in [0, 0.1) is 3.57 Å². The van der Waals surface area contributed by atoms with Crippen LogP contribution in [0.15, 0.2) is 42.5 Å². The molecule has 2 aromatic carbocycles. The van der Waals surface area contributed by atoms with Crippen LogP contribution in [0.4, 0.5) is 0 Å². The molecule has 0 aliphatic rings. The number of aromatic amines is 1. The summed E-state index contributed by atoms with van der Waals surface area (Å²) in [7, 11) is 0. The highest BCUT2D eigenvalue weighted by molar-refractivity contribution is 14.1. The molecule has 3 rings (SSSR count). The maximum absolute atomic E-state index is 9.40. The molecule has 0 atom stereocenters. The molecule has 0 radical (unpaired) electrons. The average Bonchev–Trinajstić information content (AvgIpc) is 2.72. The average molecular weight is 336 g/mol. The third-order valence-electron chi connectivity index (χ3n) is 2.58. The third kappa shape index (κ3) is 2.00. The number of rotatable bonds is 1. The van der Waals surface area contributed by atoms with Crippen molar-refractivity contribution in [1.82, 2.24) is 9.97 Å². The predicted octanol–water partition coefficient (Wildman–Crippen LogP) is 3.54. The minimum Gasteiger partial charge on any atom is -0.508 e. The van der Waals surface area contributed by atoms with Crippen LogP contribution in [0.3, 0.4) is 0 Å². The first kappa shape index (κ1) is 10.6. The fourth-order valence-corrected chi connectivity index (χ4v) is 2.10. The lowest BCUT2D eigenvalue weighted by molar-refractivity contribution is 0.476. The van der Waals surface area contributed by atoms with Crippen LogP contribution < -0.4 is 0 Å². The van der Waals surface area contributed by atoms with E-state index >= 15 is 0 Å². The van der Waals surface area contributed by atoms with Gasteiger partial charge in [-0.05, 0) is 46.9 Å². The van der Waals surface area contributed by atoms with E-state index < -0.39 is 0 Å². The topological polar surface area (TPSA) is 48.9 Å². The summed E-state index contributed by atoms with van der Waals surface area (Å²) >= 11 is 2.27. The zero-order valence-corrected chi connectivity index (χ0v) is 11.0. The Morgan fingerprint density at radius 2 is 1.82 bits per heavy atom. The van der Waals surface area contributed by atoms with Crippen molar-refractivity contribution in [2.24, 2.45) is 0 Å².